The number of hydrogen-bond acceptors (Lipinski definition) is 8. The summed E-state index contributed by atoms with van der Waals surface area (Å²) >= 11 is 1.14. The number of carbonyl (C=O) groups excluding carboxylic acids is 1. The van der Waals surface area contributed by atoms with E-state index in [0.29, 0.717) is 32.4 Å². The van der Waals surface area contributed by atoms with E-state index in [1.807, 2.05) is 0 Å². The van der Waals surface area contributed by atoms with Crippen LogP contribution in [0.15, 0.2) is 36.4 Å². The van der Waals surface area contributed by atoms with Gasteiger partial charge in [-0.25, -0.2) is 14.8 Å². The molecular weight excluding hydrogens is 517 g/mol. The van der Waals surface area contributed by atoms with E-state index in [1.54, 1.807) is 29.8 Å². The van der Waals surface area contributed by atoms with E-state index in [2.05, 4.69) is 30.7 Å². The second-order valence-corrected chi connectivity index (χ2v) is 8.65. The quantitative estimate of drug-likeness (QED) is 0.223. The van der Waals surface area contributed by atoms with Crippen LogP contribution in [-0.2, 0) is 11.8 Å². The first-order chi connectivity index (χ1) is 17.6. The first-order valence-electron chi connectivity index (χ1n) is 10.8. The summed E-state index contributed by atoms with van der Waals surface area (Å²) in [5.41, 5.74) is 2.19. The van der Waals surface area contributed by atoms with E-state index in [9.17, 15) is 22.8 Å². The minimum atomic E-state index is -4.78. The van der Waals surface area contributed by atoms with Crippen molar-refractivity contribution in [2.75, 3.05) is 31.6 Å². The van der Waals surface area contributed by atoms with Crippen LogP contribution in [0.1, 0.15) is 10.4 Å². The van der Waals surface area contributed by atoms with E-state index in [4.69, 9.17) is 9.84 Å². The lowest BCUT2D eigenvalue weighted by molar-refractivity contribution is -0.274. The second-order valence-electron chi connectivity index (χ2n) is 7.62. The molecule has 196 valence electrons. The average Bonchev–Trinajstić information content (AvgIpc) is 3.36. The van der Waals surface area contributed by atoms with Crippen molar-refractivity contribution in [2.45, 2.75) is 6.36 Å². The number of benzene rings is 2. The normalized spacial score (nSPS) is 11.6. The maximum Gasteiger partial charge on any atom is 0.573 e. The van der Waals surface area contributed by atoms with Gasteiger partial charge in [-0.3, -0.25) is 4.79 Å². The van der Waals surface area contributed by atoms with Crippen molar-refractivity contribution in [3.8, 4) is 5.75 Å². The zero-order valence-electron chi connectivity index (χ0n) is 19.3. The maximum absolute atomic E-state index is 12.5. The SMILES string of the molecule is Cn1c(Nc2nc3ccc(OC(F)(F)F)cc3s2)nc2cc(C(=O)NCCOCCNC(=O)O)ccc21. The number of anilines is 2. The summed E-state index contributed by atoms with van der Waals surface area (Å²) in [7, 11) is 1.77. The molecule has 0 unspecified atom stereocenters. The van der Waals surface area contributed by atoms with Gasteiger partial charge in [0, 0.05) is 31.8 Å². The molecule has 2 aromatic heterocycles. The summed E-state index contributed by atoms with van der Waals surface area (Å²) in [6.07, 6.45) is -5.91. The molecule has 2 heterocycles. The Bertz CT molecular complexity index is 1440. The maximum atomic E-state index is 12.5. The number of alkyl halides is 3. The Morgan fingerprint density at radius 1 is 1.05 bits per heavy atom. The number of hydrogen-bond donors (Lipinski definition) is 4. The van der Waals surface area contributed by atoms with Crippen LogP contribution in [0.4, 0.5) is 29.0 Å². The highest BCUT2D eigenvalue weighted by molar-refractivity contribution is 7.22. The summed E-state index contributed by atoms with van der Waals surface area (Å²) in [5.74, 6) is -0.218. The third-order valence-electron chi connectivity index (χ3n) is 5.01. The molecular formula is C22H21F3N6O5S. The predicted octanol–water partition coefficient (Wildman–Crippen LogP) is 3.84. The number of amides is 2. The minimum Gasteiger partial charge on any atom is -0.465 e. The van der Waals surface area contributed by atoms with Gasteiger partial charge in [-0.1, -0.05) is 11.3 Å². The fraction of sp³-hybridized carbons (Fsp3) is 0.273. The largest absolute Gasteiger partial charge is 0.573 e. The van der Waals surface area contributed by atoms with E-state index < -0.39 is 12.5 Å². The van der Waals surface area contributed by atoms with Crippen molar-refractivity contribution in [3.63, 3.8) is 0 Å². The number of carbonyl (C=O) groups is 2. The molecule has 0 spiro atoms. The van der Waals surface area contributed by atoms with Gasteiger partial charge in [0.05, 0.1) is 34.5 Å². The lowest BCUT2D eigenvalue weighted by Gasteiger charge is -2.07. The molecule has 11 nitrogen and oxygen atoms in total. The molecule has 0 atom stereocenters. The molecule has 4 rings (SSSR count). The first-order valence-corrected chi connectivity index (χ1v) is 11.6. The number of imidazole rings is 1. The van der Waals surface area contributed by atoms with Crippen molar-refractivity contribution in [2.24, 2.45) is 7.05 Å². The van der Waals surface area contributed by atoms with Gasteiger partial charge in [-0.2, -0.15) is 0 Å². The molecule has 0 bridgehead atoms. The molecule has 0 aliphatic heterocycles. The number of halogens is 3. The molecule has 37 heavy (non-hydrogen) atoms. The van der Waals surface area contributed by atoms with Crippen LogP contribution >= 0.6 is 11.3 Å². The molecule has 0 aliphatic rings. The van der Waals surface area contributed by atoms with E-state index in [1.165, 1.54) is 18.2 Å². The molecule has 4 aromatic rings. The van der Waals surface area contributed by atoms with E-state index >= 15 is 0 Å². The standard InChI is InChI=1S/C22H21F3N6O5S/c1-31-16-5-2-12(18(32)26-6-8-35-9-7-27-21(33)34)10-15(16)28-19(31)30-20-29-14-4-3-13(11-17(14)37-20)36-22(23,24)25/h2-5,10-11,27H,6-9H2,1H3,(H,26,32)(H,33,34)(H,28,29,30). The predicted molar refractivity (Wildman–Crippen MR) is 129 cm³/mol. The Hall–Kier alpha value is -4.11. The number of thiazole rings is 1. The Kier molecular flexibility index (Phi) is 7.63. The van der Waals surface area contributed by atoms with Gasteiger partial charge in [-0.05, 0) is 30.3 Å². The fourth-order valence-electron chi connectivity index (χ4n) is 3.38. The lowest BCUT2D eigenvalue weighted by atomic mass is 10.2. The number of aryl methyl sites for hydroxylation is 1. The Morgan fingerprint density at radius 2 is 1.81 bits per heavy atom. The van der Waals surface area contributed by atoms with Crippen LogP contribution in [0.2, 0.25) is 0 Å². The first kappa shape index (κ1) is 26.0. The lowest BCUT2D eigenvalue weighted by Crippen LogP contribution is -2.29. The third kappa shape index (κ3) is 6.77. The van der Waals surface area contributed by atoms with Crippen molar-refractivity contribution >= 4 is 55.7 Å². The molecule has 0 radical (unpaired) electrons. The molecule has 0 fully saturated rings. The van der Waals surface area contributed by atoms with Gasteiger partial charge in [-0.15, -0.1) is 13.2 Å². The number of nitrogens with zero attached hydrogens (tertiary/aromatic N) is 3. The highest BCUT2D eigenvalue weighted by Crippen LogP contribution is 2.33. The summed E-state index contributed by atoms with van der Waals surface area (Å²) in [6.45, 7) is 0.806. The molecule has 4 N–H and O–H groups in total. The third-order valence-corrected chi connectivity index (χ3v) is 5.94. The molecule has 0 saturated carbocycles. The van der Waals surface area contributed by atoms with Crippen molar-refractivity contribution in [1.29, 1.82) is 0 Å². The molecule has 2 amide bonds. The van der Waals surface area contributed by atoms with Gasteiger partial charge in [0.25, 0.3) is 5.91 Å². The summed E-state index contributed by atoms with van der Waals surface area (Å²) in [6, 6.07) is 8.94. The van der Waals surface area contributed by atoms with Gasteiger partial charge in [0.15, 0.2) is 5.13 Å². The Balaban J connectivity index is 1.39. The molecule has 2 aromatic carbocycles. The van der Waals surface area contributed by atoms with Gasteiger partial charge >= 0.3 is 12.5 Å². The van der Waals surface area contributed by atoms with Crippen LogP contribution < -0.4 is 20.7 Å². The number of aromatic nitrogens is 3. The number of carboxylic acid groups (broad SMARTS) is 1. The highest BCUT2D eigenvalue weighted by atomic mass is 32.1. The molecule has 15 heteroatoms. The second kappa shape index (κ2) is 10.9. The van der Waals surface area contributed by atoms with Crippen LogP contribution in [0.3, 0.4) is 0 Å². The van der Waals surface area contributed by atoms with Gasteiger partial charge < -0.3 is 35.1 Å². The van der Waals surface area contributed by atoms with E-state index in [-0.39, 0.29) is 38.0 Å². The van der Waals surface area contributed by atoms with Crippen LogP contribution in [0.5, 0.6) is 5.75 Å². The number of ether oxygens (including phenoxy) is 2. The summed E-state index contributed by atoms with van der Waals surface area (Å²) in [5, 5.41) is 16.9. The summed E-state index contributed by atoms with van der Waals surface area (Å²) < 4.78 is 48.9. The van der Waals surface area contributed by atoms with Crippen molar-refractivity contribution in [1.82, 2.24) is 25.2 Å². The zero-order chi connectivity index (χ0) is 26.6. The van der Waals surface area contributed by atoms with Crippen LogP contribution in [0.25, 0.3) is 21.3 Å². The topological polar surface area (TPSA) is 140 Å². The van der Waals surface area contributed by atoms with Gasteiger partial charge in [0.2, 0.25) is 5.95 Å². The zero-order valence-corrected chi connectivity index (χ0v) is 20.1. The smallest absolute Gasteiger partial charge is 0.465 e. The Labute approximate surface area is 211 Å². The highest BCUT2D eigenvalue weighted by Gasteiger charge is 2.31. The van der Waals surface area contributed by atoms with Crippen molar-refractivity contribution < 1.29 is 37.3 Å². The van der Waals surface area contributed by atoms with Crippen LogP contribution in [0, 0.1) is 0 Å². The number of nitrogens with one attached hydrogen (secondary N) is 3. The molecule has 0 aliphatic carbocycles. The number of rotatable bonds is 10. The number of fused-ring (bicyclic) bond motifs is 2. The minimum absolute atomic E-state index is 0.153. The Morgan fingerprint density at radius 3 is 2.54 bits per heavy atom. The van der Waals surface area contributed by atoms with Crippen molar-refractivity contribution in [3.05, 3.63) is 42.0 Å². The monoisotopic (exact) mass is 538 g/mol. The van der Waals surface area contributed by atoms with Crippen LogP contribution in [-0.4, -0.2) is 64.3 Å². The molecule has 0 saturated heterocycles. The average molecular weight is 539 g/mol. The summed E-state index contributed by atoms with van der Waals surface area (Å²) in [4.78, 5) is 31.7. The van der Waals surface area contributed by atoms with Gasteiger partial charge in [0.1, 0.15) is 5.75 Å². The van der Waals surface area contributed by atoms with E-state index in [0.717, 1.165) is 16.9 Å². The fourth-order valence-corrected chi connectivity index (χ4v) is 4.26.